The van der Waals surface area contributed by atoms with E-state index in [9.17, 15) is 24.4 Å². The summed E-state index contributed by atoms with van der Waals surface area (Å²) in [7, 11) is 0. The van der Waals surface area contributed by atoms with Gasteiger partial charge in [0.15, 0.2) is 5.84 Å². The fraction of sp³-hybridized carbons (Fsp3) is 0.741. The van der Waals surface area contributed by atoms with E-state index in [0.29, 0.717) is 24.3 Å². The lowest BCUT2D eigenvalue weighted by Crippen LogP contribution is -2.57. The molecule has 2 atom stereocenters. The molecule has 11 nitrogen and oxygen atoms in total. The van der Waals surface area contributed by atoms with Crippen molar-refractivity contribution in [3.63, 3.8) is 0 Å². The predicted molar refractivity (Wildman–Crippen MR) is 149 cm³/mol. The fourth-order valence-corrected chi connectivity index (χ4v) is 5.28. The van der Waals surface area contributed by atoms with Gasteiger partial charge in [-0.25, -0.2) is 4.79 Å². The van der Waals surface area contributed by atoms with Crippen LogP contribution >= 0.6 is 11.8 Å². The largest absolute Gasteiger partial charge is 0.459 e. The number of nitrogens with one attached hydrogen (secondary N) is 1. The molecule has 2 aliphatic heterocycles. The summed E-state index contributed by atoms with van der Waals surface area (Å²) in [5.74, 6) is -0.726. The second kappa shape index (κ2) is 13.5. The minimum atomic E-state index is -1.06. The second-order valence-electron chi connectivity index (χ2n) is 12.2. The predicted octanol–water partition coefficient (Wildman–Crippen LogP) is 3.90. The van der Waals surface area contributed by atoms with E-state index >= 15 is 0 Å². The van der Waals surface area contributed by atoms with Crippen LogP contribution in [0.4, 0.5) is 4.79 Å². The fourth-order valence-electron chi connectivity index (χ4n) is 4.36. The van der Waals surface area contributed by atoms with Gasteiger partial charge in [-0.15, -0.1) is 11.8 Å². The minimum Gasteiger partial charge on any atom is -0.459 e. The molecule has 0 aliphatic carbocycles. The third kappa shape index (κ3) is 10.1. The summed E-state index contributed by atoms with van der Waals surface area (Å²) in [4.78, 5) is 56.7. The normalized spacial score (nSPS) is 19.0. The molecule has 0 unspecified atom stereocenters. The average Bonchev–Trinajstić information content (AvgIpc) is 3.49. The zero-order valence-electron chi connectivity index (χ0n) is 24.4. The molecule has 2 N–H and O–H groups in total. The van der Waals surface area contributed by atoms with Gasteiger partial charge in [0.2, 0.25) is 11.8 Å². The van der Waals surface area contributed by atoms with E-state index in [2.05, 4.69) is 10.5 Å². The molecule has 39 heavy (non-hydrogen) atoms. The van der Waals surface area contributed by atoms with E-state index < -0.39 is 53.7 Å². The van der Waals surface area contributed by atoms with Crippen molar-refractivity contribution < 1.29 is 33.9 Å². The summed E-state index contributed by atoms with van der Waals surface area (Å²) in [5.41, 5.74) is -1.65. The first-order valence-electron chi connectivity index (χ1n) is 13.4. The maximum Gasteiger partial charge on any atom is 0.411 e. The van der Waals surface area contributed by atoms with Crippen molar-refractivity contribution in [2.45, 2.75) is 104 Å². The lowest BCUT2D eigenvalue weighted by Gasteiger charge is -2.36. The Hall–Kier alpha value is -2.76. The van der Waals surface area contributed by atoms with Crippen molar-refractivity contribution in [2.75, 3.05) is 18.8 Å². The van der Waals surface area contributed by atoms with Crippen LogP contribution in [0, 0.1) is 5.92 Å². The van der Waals surface area contributed by atoms with Crippen molar-refractivity contribution in [1.82, 2.24) is 15.1 Å². The Kier molecular flexibility index (Phi) is 11.3. The van der Waals surface area contributed by atoms with E-state index in [1.807, 2.05) is 19.9 Å². The quantitative estimate of drug-likeness (QED) is 0.148. The Morgan fingerprint density at radius 2 is 1.79 bits per heavy atom. The first kappa shape index (κ1) is 32.5. The molecule has 0 aromatic rings. The van der Waals surface area contributed by atoms with Gasteiger partial charge in [-0.3, -0.25) is 19.3 Å². The van der Waals surface area contributed by atoms with E-state index in [1.165, 1.54) is 16.7 Å². The Morgan fingerprint density at radius 1 is 1.15 bits per heavy atom. The van der Waals surface area contributed by atoms with Gasteiger partial charge in [0.25, 0.3) is 0 Å². The molecular formula is C27H44N4O7S. The number of nitrogens with zero attached hydrogens (tertiary/aromatic N) is 3. The Bertz CT molecular complexity index is 982. The molecule has 0 spiro atoms. The molecule has 0 aromatic carbocycles. The number of oxime groups is 1. The Morgan fingerprint density at radius 3 is 2.31 bits per heavy atom. The molecule has 1 fully saturated rings. The van der Waals surface area contributed by atoms with Gasteiger partial charge in [0, 0.05) is 17.2 Å². The van der Waals surface area contributed by atoms with E-state index in [4.69, 9.17) is 9.47 Å². The number of esters is 1. The third-order valence-electron chi connectivity index (χ3n) is 5.82. The molecule has 3 amide bonds. The Balaban J connectivity index is 2.35. The van der Waals surface area contributed by atoms with Crippen LogP contribution in [0.15, 0.2) is 16.1 Å². The van der Waals surface area contributed by atoms with Gasteiger partial charge < -0.3 is 24.9 Å². The van der Waals surface area contributed by atoms with Gasteiger partial charge in [-0.2, -0.15) is 0 Å². The van der Waals surface area contributed by atoms with Crippen molar-refractivity contribution in [3.8, 4) is 0 Å². The van der Waals surface area contributed by atoms with Crippen molar-refractivity contribution in [1.29, 1.82) is 0 Å². The highest BCUT2D eigenvalue weighted by Gasteiger charge is 2.43. The van der Waals surface area contributed by atoms with Crippen LogP contribution in [-0.4, -0.2) is 86.8 Å². The van der Waals surface area contributed by atoms with Gasteiger partial charge in [0.05, 0.1) is 0 Å². The van der Waals surface area contributed by atoms with Crippen LogP contribution in [-0.2, 0) is 23.9 Å². The zero-order valence-corrected chi connectivity index (χ0v) is 25.2. The molecule has 2 heterocycles. The number of hydrogen-bond donors (Lipinski definition) is 2. The van der Waals surface area contributed by atoms with Crippen LogP contribution in [0.5, 0.6) is 0 Å². The maximum absolute atomic E-state index is 14.0. The topological polar surface area (TPSA) is 138 Å². The van der Waals surface area contributed by atoms with Crippen LogP contribution in [0.25, 0.3) is 0 Å². The standard InChI is InChI=1S/C27H44N4O7S/c1-17(2)15-19(31(25(35)38-27(6,7)8)16-21(32)37-26(3,4)5)24(34)30-13-9-11-18(30)23(33)28-22(29-36)20-12-10-14-39-20/h12,17-19,36H,9-11,13-16H2,1-8H3,(H,28,29,33)/t18-,19+/m0/s1. The number of hydrogen-bond acceptors (Lipinski definition) is 9. The number of amides is 3. The van der Waals surface area contributed by atoms with Crippen LogP contribution in [0.1, 0.15) is 81.1 Å². The third-order valence-corrected chi connectivity index (χ3v) is 6.93. The smallest absolute Gasteiger partial charge is 0.411 e. The molecule has 2 rings (SSSR count). The van der Waals surface area contributed by atoms with Crippen LogP contribution in [0.3, 0.4) is 0 Å². The monoisotopic (exact) mass is 568 g/mol. The minimum absolute atomic E-state index is 0.0168. The van der Waals surface area contributed by atoms with Crippen molar-refractivity contribution in [3.05, 3.63) is 11.0 Å². The summed E-state index contributed by atoms with van der Waals surface area (Å²) in [6, 6.07) is -1.88. The Labute approximate surface area is 235 Å². The first-order chi connectivity index (χ1) is 18.0. The number of thioether (sulfide) groups is 1. The highest BCUT2D eigenvalue weighted by molar-refractivity contribution is 8.04. The van der Waals surface area contributed by atoms with Gasteiger partial charge >= 0.3 is 12.1 Å². The van der Waals surface area contributed by atoms with E-state index in [-0.39, 0.29) is 18.2 Å². The molecule has 0 bridgehead atoms. The lowest BCUT2D eigenvalue weighted by molar-refractivity contribution is -0.158. The number of amidine groups is 1. The summed E-state index contributed by atoms with van der Waals surface area (Å²) in [6.45, 7) is 13.9. The molecule has 12 heteroatoms. The molecule has 0 aromatic heterocycles. The van der Waals surface area contributed by atoms with E-state index in [0.717, 1.165) is 17.1 Å². The van der Waals surface area contributed by atoms with Crippen LogP contribution < -0.4 is 5.32 Å². The number of carbonyl (C=O) groups is 4. The molecule has 0 radical (unpaired) electrons. The SMILES string of the molecule is CC(C)C[C@H](C(=O)N1CCC[C@H]1C(=O)NC(=NO)C1=CCCS1)N(CC(=O)OC(C)(C)C)C(=O)OC(C)(C)C. The number of allylic oxidation sites excluding steroid dienone is 1. The van der Waals surface area contributed by atoms with Gasteiger partial charge in [-0.05, 0) is 73.1 Å². The summed E-state index contributed by atoms with van der Waals surface area (Å²) in [6.07, 6.45) is 3.12. The molecule has 220 valence electrons. The average molecular weight is 569 g/mol. The van der Waals surface area contributed by atoms with Crippen molar-refractivity contribution >= 4 is 41.5 Å². The van der Waals surface area contributed by atoms with Gasteiger partial charge in [0.1, 0.15) is 29.8 Å². The summed E-state index contributed by atoms with van der Waals surface area (Å²) >= 11 is 1.47. The molecule has 0 saturated carbocycles. The number of rotatable bonds is 8. The summed E-state index contributed by atoms with van der Waals surface area (Å²) in [5, 5.41) is 15.4. The summed E-state index contributed by atoms with van der Waals surface area (Å²) < 4.78 is 11.0. The van der Waals surface area contributed by atoms with E-state index in [1.54, 1.807) is 41.5 Å². The highest BCUT2D eigenvalue weighted by Crippen LogP contribution is 2.27. The highest BCUT2D eigenvalue weighted by atomic mass is 32.2. The number of ether oxygens (including phenoxy) is 2. The first-order valence-corrected chi connectivity index (χ1v) is 14.4. The van der Waals surface area contributed by atoms with Gasteiger partial charge in [-0.1, -0.05) is 25.1 Å². The van der Waals surface area contributed by atoms with Crippen molar-refractivity contribution in [2.24, 2.45) is 11.1 Å². The lowest BCUT2D eigenvalue weighted by atomic mass is 10.0. The number of likely N-dealkylation sites (tertiary alicyclic amines) is 1. The molecule has 1 saturated heterocycles. The van der Waals surface area contributed by atoms with Crippen LogP contribution in [0.2, 0.25) is 0 Å². The molecule has 2 aliphatic rings. The zero-order chi connectivity index (χ0) is 29.5. The second-order valence-corrected chi connectivity index (χ2v) is 13.3. The molecular weight excluding hydrogens is 524 g/mol. The number of carbonyl (C=O) groups excluding carboxylic acids is 4. The maximum atomic E-state index is 14.0.